The van der Waals surface area contributed by atoms with Gasteiger partial charge in [0.1, 0.15) is 0 Å². The van der Waals surface area contributed by atoms with Gasteiger partial charge in [0, 0.05) is 12.8 Å². The molecule has 0 saturated heterocycles. The molecule has 0 rings (SSSR count). The molecule has 0 aliphatic carbocycles. The van der Waals surface area contributed by atoms with Gasteiger partial charge in [-0.25, -0.2) is 0 Å². The van der Waals surface area contributed by atoms with Crippen molar-refractivity contribution in [3.05, 3.63) is 12.2 Å². The van der Waals surface area contributed by atoms with Gasteiger partial charge in [-0.3, -0.25) is 9.59 Å². The van der Waals surface area contributed by atoms with Crippen molar-refractivity contribution in [2.24, 2.45) is 0 Å². The number of esters is 2. The topological polar surface area (TPSA) is 55.4 Å². The summed E-state index contributed by atoms with van der Waals surface area (Å²) in [5, 5.41) is 3.50. The average molecular weight is 480 g/mol. The Balaban J connectivity index is 3.22. The molecule has 4 nitrogen and oxygen atoms in total. The summed E-state index contributed by atoms with van der Waals surface area (Å²) in [4.78, 5) is 23.1. The fourth-order valence-electron chi connectivity index (χ4n) is 4.07. The number of allylic oxidation sites excluding steroid dienone is 2. The van der Waals surface area contributed by atoms with Crippen molar-refractivity contribution in [2.75, 3.05) is 13.1 Å². The summed E-state index contributed by atoms with van der Waals surface area (Å²) in [5.41, 5.74) is 0. The Labute approximate surface area is 212 Å². The Morgan fingerprint density at radius 3 is 1.44 bits per heavy atom. The van der Waals surface area contributed by atoms with E-state index in [4.69, 9.17) is 4.74 Å². The first-order valence-corrected chi connectivity index (χ1v) is 14.8. The highest BCUT2D eigenvalue weighted by Gasteiger charge is 2.09. The molecule has 0 spiro atoms. The monoisotopic (exact) mass is 479 g/mol. The summed E-state index contributed by atoms with van der Waals surface area (Å²) in [6.07, 6.45) is 30.1. The van der Waals surface area contributed by atoms with E-state index in [0.29, 0.717) is 12.8 Å². The lowest BCUT2D eigenvalue weighted by atomic mass is 10.1. The zero-order chi connectivity index (χ0) is 25.0. The van der Waals surface area contributed by atoms with E-state index >= 15 is 0 Å². The molecule has 0 aromatic rings. The van der Waals surface area contributed by atoms with Crippen molar-refractivity contribution in [1.82, 2.24) is 5.32 Å². The number of hydrogen-bond acceptors (Lipinski definition) is 4. The summed E-state index contributed by atoms with van der Waals surface area (Å²) in [6.45, 7) is 6.47. The molecular formula is C30H57NO3. The average Bonchev–Trinajstić information content (AvgIpc) is 2.82. The minimum absolute atomic E-state index is 0.356. The fraction of sp³-hybridized carbons (Fsp3) is 0.867. The van der Waals surface area contributed by atoms with Gasteiger partial charge in [0.05, 0.1) is 0 Å². The van der Waals surface area contributed by atoms with Crippen molar-refractivity contribution in [2.45, 2.75) is 155 Å². The summed E-state index contributed by atoms with van der Waals surface area (Å²) in [5.74, 6) is -0.727. The van der Waals surface area contributed by atoms with Crippen LogP contribution in [0.3, 0.4) is 0 Å². The van der Waals surface area contributed by atoms with Gasteiger partial charge in [-0.1, -0.05) is 103 Å². The van der Waals surface area contributed by atoms with E-state index in [1.165, 1.54) is 89.9 Å². The molecule has 0 aromatic heterocycles. The lowest BCUT2D eigenvalue weighted by Gasteiger charge is -2.05. The van der Waals surface area contributed by atoms with Crippen LogP contribution in [0.5, 0.6) is 0 Å². The quantitative estimate of drug-likeness (QED) is 0.0582. The van der Waals surface area contributed by atoms with E-state index in [1.54, 1.807) is 0 Å². The number of ether oxygens (including phenoxy) is 1. The highest BCUT2D eigenvalue weighted by Crippen LogP contribution is 2.10. The first-order valence-electron chi connectivity index (χ1n) is 14.8. The molecule has 1 N–H and O–H groups in total. The fourth-order valence-corrected chi connectivity index (χ4v) is 4.07. The maximum atomic E-state index is 11.6. The van der Waals surface area contributed by atoms with Gasteiger partial charge in [-0.2, -0.15) is 0 Å². The molecule has 34 heavy (non-hydrogen) atoms. The van der Waals surface area contributed by atoms with Crippen LogP contribution in [0.25, 0.3) is 0 Å². The first-order chi connectivity index (χ1) is 16.7. The van der Waals surface area contributed by atoms with Crippen LogP contribution in [-0.2, 0) is 14.3 Å². The summed E-state index contributed by atoms with van der Waals surface area (Å²) in [6, 6.07) is 0. The number of carbonyl (C=O) groups excluding carboxylic acids is 2. The van der Waals surface area contributed by atoms with Gasteiger partial charge >= 0.3 is 11.9 Å². The Hall–Kier alpha value is -1.16. The van der Waals surface area contributed by atoms with Crippen LogP contribution in [0.1, 0.15) is 155 Å². The number of hydrogen-bond donors (Lipinski definition) is 1. The third-order valence-corrected chi connectivity index (χ3v) is 6.31. The largest absolute Gasteiger partial charge is 0.393 e. The van der Waals surface area contributed by atoms with E-state index < -0.39 is 0 Å². The molecule has 0 aromatic carbocycles. The van der Waals surface area contributed by atoms with E-state index in [2.05, 4.69) is 31.3 Å². The van der Waals surface area contributed by atoms with Gasteiger partial charge in [0.25, 0.3) is 0 Å². The molecule has 0 fully saturated rings. The smallest absolute Gasteiger partial charge is 0.313 e. The Morgan fingerprint density at radius 2 is 0.912 bits per heavy atom. The molecule has 0 saturated carbocycles. The molecule has 0 unspecified atom stereocenters. The minimum Gasteiger partial charge on any atom is -0.393 e. The number of nitrogens with one attached hydrogen (secondary N) is 1. The normalized spacial score (nSPS) is 11.4. The second kappa shape index (κ2) is 28.1. The Kier molecular flexibility index (Phi) is 27.1. The maximum Gasteiger partial charge on any atom is 0.313 e. The number of unbranched alkanes of at least 4 members (excludes halogenated alkanes) is 16. The zero-order valence-electron chi connectivity index (χ0n) is 22.9. The third kappa shape index (κ3) is 27.1. The SMILES string of the molecule is CCCCCCCC/C=C\CCCCCCCCNCCCCCC(=O)OC(=O)CCCCC. The molecule has 0 heterocycles. The minimum atomic E-state index is -0.365. The molecule has 0 atom stereocenters. The van der Waals surface area contributed by atoms with Crippen LogP contribution < -0.4 is 5.32 Å². The predicted molar refractivity (Wildman–Crippen MR) is 146 cm³/mol. The first kappa shape index (κ1) is 32.8. The predicted octanol–water partition coefficient (Wildman–Crippen LogP) is 8.82. The molecule has 0 aliphatic rings. The van der Waals surface area contributed by atoms with E-state index in [0.717, 1.165) is 51.6 Å². The zero-order valence-corrected chi connectivity index (χ0v) is 22.9. The van der Waals surface area contributed by atoms with E-state index in [1.807, 2.05) is 0 Å². The number of carbonyl (C=O) groups is 2. The van der Waals surface area contributed by atoms with Crippen molar-refractivity contribution in [1.29, 1.82) is 0 Å². The molecule has 4 heteroatoms. The molecular weight excluding hydrogens is 422 g/mol. The van der Waals surface area contributed by atoms with Gasteiger partial charge in [0.2, 0.25) is 0 Å². The molecule has 0 radical (unpaired) electrons. The Bertz CT molecular complexity index is 476. The summed E-state index contributed by atoms with van der Waals surface area (Å²) >= 11 is 0. The van der Waals surface area contributed by atoms with Crippen LogP contribution in [-0.4, -0.2) is 25.0 Å². The van der Waals surface area contributed by atoms with Crippen LogP contribution in [0.4, 0.5) is 0 Å². The van der Waals surface area contributed by atoms with Gasteiger partial charge in [0.15, 0.2) is 0 Å². The van der Waals surface area contributed by atoms with E-state index in [9.17, 15) is 9.59 Å². The summed E-state index contributed by atoms with van der Waals surface area (Å²) in [7, 11) is 0. The summed E-state index contributed by atoms with van der Waals surface area (Å²) < 4.78 is 4.85. The molecule has 0 amide bonds. The van der Waals surface area contributed by atoms with Crippen LogP contribution in [0.15, 0.2) is 12.2 Å². The van der Waals surface area contributed by atoms with E-state index in [-0.39, 0.29) is 11.9 Å². The highest BCUT2D eigenvalue weighted by molar-refractivity contribution is 5.85. The van der Waals surface area contributed by atoms with Crippen molar-refractivity contribution >= 4 is 11.9 Å². The van der Waals surface area contributed by atoms with Crippen LogP contribution in [0, 0.1) is 0 Å². The second-order valence-corrected chi connectivity index (χ2v) is 9.80. The Morgan fingerprint density at radius 1 is 0.529 bits per heavy atom. The lowest BCUT2D eigenvalue weighted by Crippen LogP contribution is -2.16. The highest BCUT2D eigenvalue weighted by atomic mass is 16.6. The molecule has 0 aliphatic heterocycles. The van der Waals surface area contributed by atoms with Crippen LogP contribution in [0.2, 0.25) is 0 Å². The van der Waals surface area contributed by atoms with Gasteiger partial charge < -0.3 is 10.1 Å². The standard InChI is InChI=1S/C30H57NO3/c1-3-5-7-8-9-10-11-12-13-14-15-16-17-18-19-23-27-31-28-24-20-22-26-30(33)34-29(32)25-21-6-4-2/h12-13,31H,3-11,14-28H2,1-2H3/b13-12-. The lowest BCUT2D eigenvalue weighted by molar-refractivity contribution is -0.159. The molecule has 200 valence electrons. The van der Waals surface area contributed by atoms with Crippen molar-refractivity contribution < 1.29 is 14.3 Å². The third-order valence-electron chi connectivity index (χ3n) is 6.31. The molecule has 0 bridgehead atoms. The van der Waals surface area contributed by atoms with Crippen LogP contribution >= 0.6 is 0 Å². The van der Waals surface area contributed by atoms with Gasteiger partial charge in [-0.15, -0.1) is 0 Å². The maximum absolute atomic E-state index is 11.6. The van der Waals surface area contributed by atoms with Crippen molar-refractivity contribution in [3.8, 4) is 0 Å². The second-order valence-electron chi connectivity index (χ2n) is 9.80. The van der Waals surface area contributed by atoms with Gasteiger partial charge in [-0.05, 0) is 64.5 Å². The van der Waals surface area contributed by atoms with Crippen molar-refractivity contribution in [3.63, 3.8) is 0 Å². The number of rotatable bonds is 26.